The zero-order valence-electron chi connectivity index (χ0n) is 17.1. The average molecular weight is 375 g/mol. The van der Waals surface area contributed by atoms with E-state index in [0.29, 0.717) is 0 Å². The molecule has 3 rings (SSSR count). The largest absolute Gasteiger partial charge is 0.399 e. The molecule has 0 aliphatic carbocycles. The number of nitrogens with two attached hydrogens (primary N) is 2. The minimum absolute atomic E-state index is 0.205. The van der Waals surface area contributed by atoms with Gasteiger partial charge in [-0.25, -0.2) is 0 Å². The molecular formula is C24H30N4. The number of hydrogen-bond donors (Lipinski definition) is 4. The second-order valence-electron chi connectivity index (χ2n) is 8.32. The Bertz CT molecular complexity index is 830. The summed E-state index contributed by atoms with van der Waals surface area (Å²) in [4.78, 5) is 0. The molecule has 0 heterocycles. The lowest BCUT2D eigenvalue weighted by Gasteiger charge is -2.31. The molecule has 28 heavy (non-hydrogen) atoms. The van der Waals surface area contributed by atoms with Crippen molar-refractivity contribution in [3.8, 4) is 0 Å². The summed E-state index contributed by atoms with van der Waals surface area (Å²) >= 11 is 0. The van der Waals surface area contributed by atoms with E-state index in [-0.39, 0.29) is 11.1 Å². The van der Waals surface area contributed by atoms with Crippen LogP contribution in [0.15, 0.2) is 72.8 Å². The molecule has 0 fully saturated rings. The van der Waals surface area contributed by atoms with E-state index < -0.39 is 0 Å². The molecule has 0 radical (unpaired) electrons. The van der Waals surface area contributed by atoms with Gasteiger partial charge in [0, 0.05) is 22.7 Å². The molecule has 0 bridgehead atoms. The topological polar surface area (TPSA) is 76.1 Å². The third-order valence-corrected chi connectivity index (χ3v) is 5.06. The molecule has 0 amide bonds. The Morgan fingerprint density at radius 2 is 0.786 bits per heavy atom. The molecule has 3 aromatic carbocycles. The lowest BCUT2D eigenvalue weighted by atomic mass is 9.88. The smallest absolute Gasteiger partial charge is 0.0569 e. The molecule has 0 aliphatic rings. The Kier molecular flexibility index (Phi) is 5.23. The van der Waals surface area contributed by atoms with Crippen molar-refractivity contribution in [2.45, 2.75) is 38.8 Å². The predicted molar refractivity (Wildman–Crippen MR) is 121 cm³/mol. The third kappa shape index (κ3) is 4.58. The van der Waals surface area contributed by atoms with Gasteiger partial charge in [0.25, 0.3) is 0 Å². The fourth-order valence-corrected chi connectivity index (χ4v) is 3.30. The van der Waals surface area contributed by atoms with Gasteiger partial charge in [0.05, 0.1) is 11.1 Å². The molecular weight excluding hydrogens is 344 g/mol. The van der Waals surface area contributed by atoms with Crippen LogP contribution in [0.5, 0.6) is 0 Å². The van der Waals surface area contributed by atoms with Crippen molar-refractivity contribution in [2.75, 3.05) is 22.1 Å². The van der Waals surface area contributed by atoms with Crippen LogP contribution in [-0.2, 0) is 11.1 Å². The lowest BCUT2D eigenvalue weighted by molar-refractivity contribution is 0.596. The Morgan fingerprint density at radius 1 is 0.500 bits per heavy atom. The van der Waals surface area contributed by atoms with Crippen LogP contribution in [0.3, 0.4) is 0 Å². The number of hydrogen-bond acceptors (Lipinski definition) is 4. The van der Waals surface area contributed by atoms with Crippen molar-refractivity contribution in [2.24, 2.45) is 0 Å². The zero-order valence-corrected chi connectivity index (χ0v) is 17.1. The van der Waals surface area contributed by atoms with Gasteiger partial charge >= 0.3 is 0 Å². The molecule has 0 unspecified atom stereocenters. The molecule has 0 aromatic heterocycles. The van der Waals surface area contributed by atoms with Gasteiger partial charge in [-0.15, -0.1) is 0 Å². The summed E-state index contributed by atoms with van der Waals surface area (Å²) < 4.78 is 0. The third-order valence-electron chi connectivity index (χ3n) is 5.06. The quantitative estimate of drug-likeness (QED) is 0.427. The van der Waals surface area contributed by atoms with Gasteiger partial charge in [0.1, 0.15) is 0 Å². The SMILES string of the molecule is CC(C)(Nc1ccc(N)cc1)c1ccc(C(C)(C)Nc2ccc(N)cc2)cc1. The molecule has 6 N–H and O–H groups in total. The molecule has 0 saturated heterocycles. The normalized spacial score (nSPS) is 11.9. The maximum atomic E-state index is 5.78. The summed E-state index contributed by atoms with van der Waals surface area (Å²) in [7, 11) is 0. The van der Waals surface area contributed by atoms with Crippen LogP contribution in [-0.4, -0.2) is 0 Å². The summed E-state index contributed by atoms with van der Waals surface area (Å²) in [6.07, 6.45) is 0. The van der Waals surface area contributed by atoms with E-state index in [9.17, 15) is 0 Å². The Labute approximate surface area is 168 Å². The lowest BCUT2D eigenvalue weighted by Crippen LogP contribution is -2.30. The van der Waals surface area contributed by atoms with E-state index in [4.69, 9.17) is 11.5 Å². The van der Waals surface area contributed by atoms with Crippen molar-refractivity contribution in [1.29, 1.82) is 0 Å². The standard InChI is InChI=1S/C24H30N4/c1-23(2,27-21-13-9-19(25)10-14-21)17-5-7-18(8-6-17)24(3,4)28-22-15-11-20(26)12-16-22/h5-16,27-28H,25-26H2,1-4H3. The van der Waals surface area contributed by atoms with Crippen LogP contribution in [0.2, 0.25) is 0 Å². The second kappa shape index (κ2) is 7.47. The Balaban J connectivity index is 1.75. The minimum atomic E-state index is -0.205. The highest BCUT2D eigenvalue weighted by molar-refractivity contribution is 5.55. The van der Waals surface area contributed by atoms with Gasteiger partial charge in [0.15, 0.2) is 0 Å². The maximum Gasteiger partial charge on any atom is 0.0569 e. The number of benzene rings is 3. The highest BCUT2D eigenvalue weighted by atomic mass is 15.0. The van der Waals surface area contributed by atoms with E-state index >= 15 is 0 Å². The minimum Gasteiger partial charge on any atom is -0.399 e. The summed E-state index contributed by atoms with van der Waals surface area (Å²) in [6, 6.07) is 24.4. The highest BCUT2D eigenvalue weighted by Crippen LogP contribution is 2.30. The molecule has 0 atom stereocenters. The van der Waals surface area contributed by atoms with Crippen molar-refractivity contribution in [3.05, 3.63) is 83.9 Å². The molecule has 3 aromatic rings. The monoisotopic (exact) mass is 374 g/mol. The molecule has 0 spiro atoms. The predicted octanol–water partition coefficient (Wildman–Crippen LogP) is 5.55. The van der Waals surface area contributed by atoms with Gasteiger partial charge in [-0.3, -0.25) is 0 Å². The van der Waals surface area contributed by atoms with Crippen LogP contribution in [0.1, 0.15) is 38.8 Å². The first kappa shape index (κ1) is 19.6. The molecule has 4 nitrogen and oxygen atoms in total. The van der Waals surface area contributed by atoms with Crippen molar-refractivity contribution >= 4 is 22.7 Å². The second-order valence-corrected chi connectivity index (χ2v) is 8.32. The van der Waals surface area contributed by atoms with E-state index in [1.54, 1.807) is 0 Å². The van der Waals surface area contributed by atoms with E-state index in [1.165, 1.54) is 11.1 Å². The fourth-order valence-electron chi connectivity index (χ4n) is 3.30. The summed E-state index contributed by atoms with van der Waals surface area (Å²) in [6.45, 7) is 8.71. The summed E-state index contributed by atoms with van der Waals surface area (Å²) in [5.74, 6) is 0. The van der Waals surface area contributed by atoms with Gasteiger partial charge in [-0.1, -0.05) is 24.3 Å². The fraction of sp³-hybridized carbons (Fsp3) is 0.250. The van der Waals surface area contributed by atoms with E-state index in [1.807, 2.05) is 48.5 Å². The van der Waals surface area contributed by atoms with Crippen LogP contribution in [0, 0.1) is 0 Å². The number of anilines is 4. The van der Waals surface area contributed by atoms with Gasteiger partial charge in [-0.2, -0.15) is 0 Å². The number of nitrogens with one attached hydrogen (secondary N) is 2. The van der Waals surface area contributed by atoms with Crippen LogP contribution < -0.4 is 22.1 Å². The zero-order chi connectivity index (χ0) is 20.4. The first-order chi connectivity index (χ1) is 13.2. The van der Waals surface area contributed by atoms with Crippen LogP contribution >= 0.6 is 0 Å². The molecule has 4 heteroatoms. The van der Waals surface area contributed by atoms with Crippen molar-refractivity contribution < 1.29 is 0 Å². The molecule has 146 valence electrons. The van der Waals surface area contributed by atoms with Crippen LogP contribution in [0.4, 0.5) is 22.7 Å². The molecule has 0 saturated carbocycles. The van der Waals surface area contributed by atoms with E-state index in [2.05, 4.69) is 62.6 Å². The van der Waals surface area contributed by atoms with E-state index in [0.717, 1.165) is 22.7 Å². The Hall–Kier alpha value is -3.14. The summed E-state index contributed by atoms with van der Waals surface area (Å²) in [5.41, 5.74) is 17.2. The van der Waals surface area contributed by atoms with Gasteiger partial charge in [-0.05, 0) is 87.4 Å². The summed E-state index contributed by atoms with van der Waals surface area (Å²) in [5, 5.41) is 7.16. The van der Waals surface area contributed by atoms with Crippen molar-refractivity contribution in [1.82, 2.24) is 0 Å². The maximum absolute atomic E-state index is 5.78. The first-order valence-electron chi connectivity index (χ1n) is 9.54. The highest BCUT2D eigenvalue weighted by Gasteiger charge is 2.23. The number of rotatable bonds is 6. The molecule has 0 aliphatic heterocycles. The van der Waals surface area contributed by atoms with Gasteiger partial charge < -0.3 is 22.1 Å². The number of nitrogen functional groups attached to an aromatic ring is 2. The first-order valence-corrected chi connectivity index (χ1v) is 9.54. The van der Waals surface area contributed by atoms with Crippen LogP contribution in [0.25, 0.3) is 0 Å². The average Bonchev–Trinajstić information content (AvgIpc) is 2.65. The van der Waals surface area contributed by atoms with Crippen molar-refractivity contribution in [3.63, 3.8) is 0 Å². The van der Waals surface area contributed by atoms with Gasteiger partial charge in [0.2, 0.25) is 0 Å². The Morgan fingerprint density at radius 3 is 1.07 bits per heavy atom.